The molecule has 7 heteroatoms. The van der Waals surface area contributed by atoms with Crippen LogP contribution in [-0.4, -0.2) is 25.0 Å². The van der Waals surface area contributed by atoms with Gasteiger partial charge in [-0.1, -0.05) is 6.07 Å². The van der Waals surface area contributed by atoms with Gasteiger partial charge in [0.05, 0.1) is 12.0 Å². The number of benzene rings is 2. The smallest absolute Gasteiger partial charge is 0.264 e. The number of amides is 1. The Kier molecular flexibility index (Phi) is 4.53. The second-order valence-electron chi connectivity index (χ2n) is 6.22. The van der Waals surface area contributed by atoms with E-state index in [4.69, 9.17) is 14.2 Å². The standard InChI is InChI=1S/C20H18N2O4S/c1-11-4-5-15(24-3)14(6-11)21-20-22-19(23)18(27-20)9-13-8-17-16(7-12(13)2)25-10-26-17/h4-9H,10H2,1-3H3,(H,21,22,23)/b18-9+. The predicted molar refractivity (Wildman–Crippen MR) is 106 cm³/mol. The van der Waals surface area contributed by atoms with E-state index in [1.54, 1.807) is 7.11 Å². The molecular formula is C20H18N2O4S. The van der Waals surface area contributed by atoms with Crippen LogP contribution < -0.4 is 19.5 Å². The van der Waals surface area contributed by atoms with Crippen LogP contribution in [0.2, 0.25) is 0 Å². The van der Waals surface area contributed by atoms with E-state index in [1.807, 2.05) is 50.3 Å². The number of carbonyl (C=O) groups excluding carboxylic acids is 1. The molecule has 0 saturated carbocycles. The highest BCUT2D eigenvalue weighted by Gasteiger charge is 2.25. The van der Waals surface area contributed by atoms with Crippen LogP contribution >= 0.6 is 11.8 Å². The number of hydrogen-bond acceptors (Lipinski definition) is 6. The van der Waals surface area contributed by atoms with Gasteiger partial charge in [0.15, 0.2) is 16.7 Å². The maximum Gasteiger partial charge on any atom is 0.264 e. The number of hydrogen-bond donors (Lipinski definition) is 1. The molecule has 0 bridgehead atoms. The van der Waals surface area contributed by atoms with Crippen molar-refractivity contribution in [2.24, 2.45) is 4.99 Å². The van der Waals surface area contributed by atoms with Gasteiger partial charge in [-0.15, -0.1) is 0 Å². The van der Waals surface area contributed by atoms with E-state index in [-0.39, 0.29) is 12.7 Å². The Bertz CT molecular complexity index is 998. The number of thioether (sulfide) groups is 1. The van der Waals surface area contributed by atoms with Crippen molar-refractivity contribution in [3.63, 3.8) is 0 Å². The van der Waals surface area contributed by atoms with Gasteiger partial charge in [0.25, 0.3) is 5.91 Å². The van der Waals surface area contributed by atoms with Gasteiger partial charge >= 0.3 is 0 Å². The second-order valence-corrected chi connectivity index (χ2v) is 7.25. The maximum atomic E-state index is 12.4. The van der Waals surface area contributed by atoms with Crippen LogP contribution in [0.1, 0.15) is 16.7 Å². The minimum Gasteiger partial charge on any atom is -0.494 e. The first-order valence-electron chi connectivity index (χ1n) is 8.38. The number of rotatable bonds is 3. The average Bonchev–Trinajstić information content (AvgIpc) is 3.21. The molecule has 4 rings (SSSR count). The average molecular weight is 382 g/mol. The number of carbonyl (C=O) groups is 1. The molecule has 0 radical (unpaired) electrons. The van der Waals surface area contributed by atoms with Gasteiger partial charge in [-0.25, -0.2) is 4.99 Å². The lowest BCUT2D eigenvalue weighted by atomic mass is 10.1. The summed E-state index contributed by atoms with van der Waals surface area (Å²) in [6.07, 6.45) is 1.84. The topological polar surface area (TPSA) is 69.2 Å². The largest absolute Gasteiger partial charge is 0.494 e. The normalized spacial score (nSPS) is 18.3. The summed E-state index contributed by atoms with van der Waals surface area (Å²) in [5.74, 6) is 1.90. The molecule has 6 nitrogen and oxygen atoms in total. The van der Waals surface area contributed by atoms with Gasteiger partial charge < -0.3 is 19.5 Å². The van der Waals surface area contributed by atoms with Gasteiger partial charge in [0.2, 0.25) is 6.79 Å². The van der Waals surface area contributed by atoms with Crippen molar-refractivity contribution in [1.82, 2.24) is 5.32 Å². The number of aryl methyl sites for hydroxylation is 2. The summed E-state index contributed by atoms with van der Waals surface area (Å²) >= 11 is 1.30. The van der Waals surface area contributed by atoms with Gasteiger partial charge in [-0.3, -0.25) is 4.79 Å². The molecule has 2 aromatic rings. The van der Waals surface area contributed by atoms with Crippen molar-refractivity contribution in [2.45, 2.75) is 13.8 Å². The molecular weight excluding hydrogens is 364 g/mol. The molecule has 2 heterocycles. The highest BCUT2D eigenvalue weighted by molar-refractivity contribution is 8.18. The molecule has 1 saturated heterocycles. The first-order chi connectivity index (χ1) is 13.0. The summed E-state index contributed by atoms with van der Waals surface area (Å²) in [5, 5.41) is 3.33. The van der Waals surface area contributed by atoms with Crippen molar-refractivity contribution in [3.05, 3.63) is 51.9 Å². The zero-order chi connectivity index (χ0) is 19.0. The number of aliphatic imine (C=N–C) groups is 1. The van der Waals surface area contributed by atoms with E-state index >= 15 is 0 Å². The number of fused-ring (bicyclic) bond motifs is 1. The fourth-order valence-electron chi connectivity index (χ4n) is 2.83. The molecule has 1 fully saturated rings. The molecule has 2 aliphatic heterocycles. The minimum atomic E-state index is -0.178. The van der Waals surface area contributed by atoms with Crippen LogP contribution in [0.25, 0.3) is 6.08 Å². The Morgan fingerprint density at radius 1 is 1.19 bits per heavy atom. The lowest BCUT2D eigenvalue weighted by molar-refractivity contribution is -0.115. The zero-order valence-corrected chi connectivity index (χ0v) is 16.0. The van der Waals surface area contributed by atoms with E-state index in [0.29, 0.717) is 27.3 Å². The molecule has 0 unspecified atom stereocenters. The molecule has 0 spiro atoms. The van der Waals surface area contributed by atoms with Crippen LogP contribution in [0.15, 0.2) is 40.2 Å². The van der Waals surface area contributed by atoms with Gasteiger partial charge in [0.1, 0.15) is 11.4 Å². The fourth-order valence-corrected chi connectivity index (χ4v) is 3.66. The SMILES string of the molecule is COc1ccc(C)cc1N=C1NC(=O)/C(=C\c2cc3c(cc2C)OCO3)S1. The summed E-state index contributed by atoms with van der Waals surface area (Å²) in [6, 6.07) is 9.54. The van der Waals surface area contributed by atoms with Crippen molar-refractivity contribution in [1.29, 1.82) is 0 Å². The summed E-state index contributed by atoms with van der Waals surface area (Å²) in [4.78, 5) is 17.5. The molecule has 0 aliphatic carbocycles. The van der Waals surface area contributed by atoms with Crippen molar-refractivity contribution < 1.29 is 19.0 Å². The third kappa shape index (κ3) is 3.50. The van der Waals surface area contributed by atoms with Crippen molar-refractivity contribution >= 4 is 34.6 Å². The second kappa shape index (κ2) is 7.00. The highest BCUT2D eigenvalue weighted by atomic mass is 32.2. The van der Waals surface area contributed by atoms with Crippen LogP contribution in [0.3, 0.4) is 0 Å². The lowest BCUT2D eigenvalue weighted by Gasteiger charge is -2.05. The van der Waals surface area contributed by atoms with E-state index in [9.17, 15) is 4.79 Å². The first-order valence-corrected chi connectivity index (χ1v) is 9.19. The highest BCUT2D eigenvalue weighted by Crippen LogP contribution is 2.37. The fraction of sp³-hybridized carbons (Fsp3) is 0.200. The monoisotopic (exact) mass is 382 g/mol. The number of ether oxygens (including phenoxy) is 3. The molecule has 2 aliphatic rings. The molecule has 1 amide bonds. The third-order valence-electron chi connectivity index (χ3n) is 4.26. The van der Waals surface area contributed by atoms with Gasteiger partial charge in [-0.05, 0) is 72.6 Å². The Balaban J connectivity index is 1.63. The zero-order valence-electron chi connectivity index (χ0n) is 15.2. The third-order valence-corrected chi connectivity index (χ3v) is 5.16. The molecule has 0 atom stereocenters. The van der Waals surface area contributed by atoms with E-state index in [2.05, 4.69) is 10.3 Å². The van der Waals surface area contributed by atoms with Gasteiger partial charge in [0, 0.05) is 0 Å². The summed E-state index contributed by atoms with van der Waals surface area (Å²) < 4.78 is 16.2. The van der Waals surface area contributed by atoms with Crippen molar-refractivity contribution in [2.75, 3.05) is 13.9 Å². The van der Waals surface area contributed by atoms with E-state index < -0.39 is 0 Å². The van der Waals surface area contributed by atoms with Crippen LogP contribution in [0, 0.1) is 13.8 Å². The molecule has 27 heavy (non-hydrogen) atoms. The maximum absolute atomic E-state index is 12.4. The number of nitrogens with zero attached hydrogens (tertiary/aromatic N) is 1. The summed E-state index contributed by atoms with van der Waals surface area (Å²) in [5.41, 5.74) is 3.66. The summed E-state index contributed by atoms with van der Waals surface area (Å²) in [6.45, 7) is 4.18. The predicted octanol–water partition coefficient (Wildman–Crippen LogP) is 3.93. The molecule has 138 valence electrons. The van der Waals surface area contributed by atoms with E-state index in [0.717, 1.165) is 22.4 Å². The number of nitrogens with one attached hydrogen (secondary N) is 1. The lowest BCUT2D eigenvalue weighted by Crippen LogP contribution is -2.19. The van der Waals surface area contributed by atoms with Crippen LogP contribution in [0.5, 0.6) is 17.2 Å². The summed E-state index contributed by atoms with van der Waals surface area (Å²) in [7, 11) is 1.60. The molecule has 1 N–H and O–H groups in total. The first kappa shape index (κ1) is 17.5. The Labute approximate surface area is 161 Å². The number of amidine groups is 1. The molecule has 0 aromatic heterocycles. The minimum absolute atomic E-state index is 0.178. The van der Waals surface area contributed by atoms with Crippen LogP contribution in [-0.2, 0) is 4.79 Å². The Morgan fingerprint density at radius 2 is 1.96 bits per heavy atom. The van der Waals surface area contributed by atoms with Crippen LogP contribution in [0.4, 0.5) is 5.69 Å². The van der Waals surface area contributed by atoms with Gasteiger partial charge in [-0.2, -0.15) is 0 Å². The Morgan fingerprint density at radius 3 is 2.74 bits per heavy atom. The Hall–Kier alpha value is -2.93. The molecule has 2 aromatic carbocycles. The number of methoxy groups -OCH3 is 1. The quantitative estimate of drug-likeness (QED) is 0.815. The van der Waals surface area contributed by atoms with E-state index in [1.165, 1.54) is 11.8 Å². The van der Waals surface area contributed by atoms with Crippen molar-refractivity contribution in [3.8, 4) is 17.2 Å².